The lowest BCUT2D eigenvalue weighted by molar-refractivity contribution is -0.121. The van der Waals surface area contributed by atoms with Crippen LogP contribution in [0.2, 0.25) is 0 Å². The number of methoxy groups -OCH3 is 1. The van der Waals surface area contributed by atoms with Crippen molar-refractivity contribution in [1.29, 1.82) is 0 Å². The largest absolute Gasteiger partial charge is 0.494 e. The molecule has 1 rings (SSSR count). The van der Waals surface area contributed by atoms with Gasteiger partial charge in [0.25, 0.3) is 0 Å². The highest BCUT2D eigenvalue weighted by atomic mass is 19.1. The minimum absolute atomic E-state index is 0.0407. The van der Waals surface area contributed by atoms with E-state index in [0.717, 1.165) is 5.56 Å². The first-order chi connectivity index (χ1) is 8.52. The molecule has 0 aliphatic carbocycles. The van der Waals surface area contributed by atoms with Crippen molar-refractivity contribution in [2.75, 3.05) is 13.7 Å². The molecule has 0 radical (unpaired) electrons. The number of carbonyl (C=O) groups is 1. The van der Waals surface area contributed by atoms with Gasteiger partial charge in [0, 0.05) is 13.0 Å². The van der Waals surface area contributed by atoms with Gasteiger partial charge in [0.05, 0.1) is 7.11 Å². The summed E-state index contributed by atoms with van der Waals surface area (Å²) in [4.78, 5) is 11.4. The normalized spacial score (nSPS) is 10.5. The van der Waals surface area contributed by atoms with Crippen LogP contribution >= 0.6 is 0 Å². The van der Waals surface area contributed by atoms with Gasteiger partial charge in [-0.05, 0) is 30.0 Å². The maximum Gasteiger partial charge on any atom is 0.220 e. The predicted molar refractivity (Wildman–Crippen MR) is 69.1 cm³/mol. The van der Waals surface area contributed by atoms with E-state index in [1.165, 1.54) is 13.2 Å². The molecule has 0 aliphatic rings. The van der Waals surface area contributed by atoms with Crippen molar-refractivity contribution in [2.24, 2.45) is 5.92 Å². The Morgan fingerprint density at radius 1 is 1.44 bits per heavy atom. The third kappa shape index (κ3) is 4.73. The fourth-order valence-electron chi connectivity index (χ4n) is 1.65. The maximum absolute atomic E-state index is 13.4. The van der Waals surface area contributed by atoms with E-state index in [1.54, 1.807) is 12.1 Å². The minimum atomic E-state index is -0.372. The first-order valence-corrected chi connectivity index (χ1v) is 6.12. The number of halogens is 1. The molecule has 0 heterocycles. The highest BCUT2D eigenvalue weighted by molar-refractivity contribution is 5.76. The van der Waals surface area contributed by atoms with Crippen molar-refractivity contribution < 1.29 is 13.9 Å². The van der Waals surface area contributed by atoms with Crippen LogP contribution < -0.4 is 10.1 Å². The molecule has 100 valence electrons. The first-order valence-electron chi connectivity index (χ1n) is 6.12. The van der Waals surface area contributed by atoms with Crippen molar-refractivity contribution in [3.63, 3.8) is 0 Å². The van der Waals surface area contributed by atoms with Gasteiger partial charge in [-0.3, -0.25) is 4.79 Å². The lowest BCUT2D eigenvalue weighted by atomic mass is 10.1. The molecule has 0 saturated heterocycles. The smallest absolute Gasteiger partial charge is 0.220 e. The second kappa shape index (κ2) is 6.99. The average Bonchev–Trinajstić information content (AvgIpc) is 2.28. The van der Waals surface area contributed by atoms with Crippen LogP contribution in [0.25, 0.3) is 0 Å². The third-order valence-corrected chi connectivity index (χ3v) is 2.55. The van der Waals surface area contributed by atoms with Gasteiger partial charge in [-0.2, -0.15) is 0 Å². The lowest BCUT2D eigenvalue weighted by Crippen LogP contribution is -2.26. The molecule has 0 aliphatic heterocycles. The molecule has 3 nitrogen and oxygen atoms in total. The zero-order valence-electron chi connectivity index (χ0n) is 11.1. The molecular formula is C14H20FNO2. The van der Waals surface area contributed by atoms with E-state index < -0.39 is 0 Å². The molecule has 18 heavy (non-hydrogen) atoms. The summed E-state index contributed by atoms with van der Waals surface area (Å²) in [7, 11) is 1.43. The summed E-state index contributed by atoms with van der Waals surface area (Å²) < 4.78 is 18.2. The molecule has 0 atom stereocenters. The second-order valence-electron chi connectivity index (χ2n) is 4.67. The van der Waals surface area contributed by atoms with Crippen LogP contribution in [0.4, 0.5) is 4.39 Å². The number of ether oxygens (including phenoxy) is 1. The van der Waals surface area contributed by atoms with Crippen molar-refractivity contribution in [3.05, 3.63) is 29.6 Å². The first kappa shape index (κ1) is 14.5. The second-order valence-corrected chi connectivity index (χ2v) is 4.67. The molecule has 0 fully saturated rings. The number of hydrogen-bond acceptors (Lipinski definition) is 2. The topological polar surface area (TPSA) is 38.3 Å². The summed E-state index contributed by atoms with van der Waals surface area (Å²) in [5.41, 5.74) is 0.846. The van der Waals surface area contributed by atoms with Gasteiger partial charge in [0.2, 0.25) is 5.91 Å². The van der Waals surface area contributed by atoms with Crippen LogP contribution in [-0.4, -0.2) is 19.6 Å². The standard InChI is InChI=1S/C14H20FNO2/c1-10(2)8-14(17)16-7-6-11-4-5-13(18-3)12(15)9-11/h4-5,9-10H,6-8H2,1-3H3,(H,16,17). The molecule has 4 heteroatoms. The Labute approximate surface area is 107 Å². The van der Waals surface area contributed by atoms with E-state index in [0.29, 0.717) is 25.3 Å². The third-order valence-electron chi connectivity index (χ3n) is 2.55. The number of amides is 1. The Hall–Kier alpha value is -1.58. The molecule has 0 spiro atoms. The summed E-state index contributed by atoms with van der Waals surface area (Å²) in [6.07, 6.45) is 1.14. The van der Waals surface area contributed by atoms with Crippen LogP contribution in [0, 0.1) is 11.7 Å². The van der Waals surface area contributed by atoms with E-state index in [-0.39, 0.29) is 17.5 Å². The number of carbonyl (C=O) groups excluding carboxylic acids is 1. The van der Waals surface area contributed by atoms with Gasteiger partial charge in [0.1, 0.15) is 0 Å². The van der Waals surface area contributed by atoms with Crippen LogP contribution in [0.3, 0.4) is 0 Å². The summed E-state index contributed by atoms with van der Waals surface area (Å²) in [6.45, 7) is 4.52. The fourth-order valence-corrected chi connectivity index (χ4v) is 1.65. The highest BCUT2D eigenvalue weighted by Gasteiger charge is 2.05. The highest BCUT2D eigenvalue weighted by Crippen LogP contribution is 2.17. The summed E-state index contributed by atoms with van der Waals surface area (Å²) >= 11 is 0. The molecule has 1 N–H and O–H groups in total. The molecule has 0 bridgehead atoms. The SMILES string of the molecule is COc1ccc(CCNC(=O)CC(C)C)cc1F. The van der Waals surface area contributed by atoms with Crippen molar-refractivity contribution in [2.45, 2.75) is 26.7 Å². The van der Waals surface area contributed by atoms with Crippen LogP contribution in [0.5, 0.6) is 5.75 Å². The molecule has 1 aromatic rings. The number of benzene rings is 1. The fraction of sp³-hybridized carbons (Fsp3) is 0.500. The van der Waals surface area contributed by atoms with Gasteiger partial charge < -0.3 is 10.1 Å². The van der Waals surface area contributed by atoms with E-state index in [2.05, 4.69) is 5.32 Å². The summed E-state index contributed by atoms with van der Waals surface area (Å²) in [5, 5.41) is 2.82. The Morgan fingerprint density at radius 2 is 2.17 bits per heavy atom. The maximum atomic E-state index is 13.4. The summed E-state index contributed by atoms with van der Waals surface area (Å²) in [6, 6.07) is 4.84. The Bertz CT molecular complexity index is 405. The monoisotopic (exact) mass is 253 g/mol. The number of nitrogens with one attached hydrogen (secondary N) is 1. The van der Waals surface area contributed by atoms with Crippen molar-refractivity contribution in [3.8, 4) is 5.75 Å². The van der Waals surface area contributed by atoms with Gasteiger partial charge in [-0.15, -0.1) is 0 Å². The van der Waals surface area contributed by atoms with Gasteiger partial charge >= 0.3 is 0 Å². The molecule has 1 aromatic carbocycles. The lowest BCUT2D eigenvalue weighted by Gasteiger charge is -2.08. The number of rotatable bonds is 6. The molecule has 1 amide bonds. The van der Waals surface area contributed by atoms with E-state index in [9.17, 15) is 9.18 Å². The minimum Gasteiger partial charge on any atom is -0.494 e. The Balaban J connectivity index is 2.40. The Kier molecular flexibility index (Phi) is 5.62. The predicted octanol–water partition coefficient (Wildman–Crippen LogP) is 2.54. The van der Waals surface area contributed by atoms with Crippen LogP contribution in [0.15, 0.2) is 18.2 Å². The molecule has 0 saturated carbocycles. The van der Waals surface area contributed by atoms with Crippen LogP contribution in [-0.2, 0) is 11.2 Å². The Morgan fingerprint density at radius 3 is 2.72 bits per heavy atom. The molecule has 0 aromatic heterocycles. The van der Waals surface area contributed by atoms with E-state index in [1.807, 2.05) is 13.8 Å². The molecular weight excluding hydrogens is 233 g/mol. The van der Waals surface area contributed by atoms with Gasteiger partial charge in [-0.1, -0.05) is 19.9 Å². The quantitative estimate of drug-likeness (QED) is 0.846. The number of hydrogen-bond donors (Lipinski definition) is 1. The zero-order chi connectivity index (χ0) is 13.5. The van der Waals surface area contributed by atoms with Gasteiger partial charge in [-0.25, -0.2) is 4.39 Å². The van der Waals surface area contributed by atoms with Crippen molar-refractivity contribution >= 4 is 5.91 Å². The van der Waals surface area contributed by atoms with Crippen LogP contribution in [0.1, 0.15) is 25.8 Å². The molecule has 0 unspecified atom stereocenters. The van der Waals surface area contributed by atoms with Crippen molar-refractivity contribution in [1.82, 2.24) is 5.32 Å². The van der Waals surface area contributed by atoms with E-state index in [4.69, 9.17) is 4.74 Å². The summed E-state index contributed by atoms with van der Waals surface area (Å²) in [5.74, 6) is 0.258. The van der Waals surface area contributed by atoms with E-state index >= 15 is 0 Å². The van der Waals surface area contributed by atoms with Gasteiger partial charge in [0.15, 0.2) is 11.6 Å². The average molecular weight is 253 g/mol. The zero-order valence-corrected chi connectivity index (χ0v) is 11.1.